The van der Waals surface area contributed by atoms with Gasteiger partial charge in [0.2, 0.25) is 0 Å². The van der Waals surface area contributed by atoms with Crippen LogP contribution in [0.4, 0.5) is 0 Å². The standard InChI is InChI=1S/2Bi.O.Sn. The zero-order valence-electron chi connectivity index (χ0n) is 1.80. The fourth-order valence-corrected chi connectivity index (χ4v) is 0. The molecule has 4 heteroatoms. The fourth-order valence-electron chi connectivity index (χ4n) is 0. The van der Waals surface area contributed by atoms with E-state index in [0.717, 1.165) is 0 Å². The van der Waals surface area contributed by atoms with Crippen LogP contribution in [0.15, 0.2) is 0 Å². The number of hydrogen-bond acceptors (Lipinski definition) is 1. The van der Waals surface area contributed by atoms with E-state index in [4.69, 9.17) is 3.08 Å². The van der Waals surface area contributed by atoms with E-state index < -0.39 is 0 Å². The minimum absolute atomic E-state index is 0. The Kier molecular flexibility index (Phi) is 73.9. The molecule has 0 aromatic rings. The van der Waals surface area contributed by atoms with Crippen molar-refractivity contribution in [3.05, 3.63) is 0 Å². The van der Waals surface area contributed by atoms with Gasteiger partial charge in [0.25, 0.3) is 0 Å². The van der Waals surface area contributed by atoms with Crippen molar-refractivity contribution in [3.63, 3.8) is 0 Å². The van der Waals surface area contributed by atoms with Gasteiger partial charge in [-0.25, -0.2) is 0 Å². The maximum absolute atomic E-state index is 8.34. The second kappa shape index (κ2) is 18.3. The molecule has 0 aliphatic heterocycles. The van der Waals surface area contributed by atoms with E-state index in [2.05, 4.69) is 0 Å². The molecule has 0 aromatic carbocycles. The molecule has 0 unspecified atom stereocenters. The van der Waals surface area contributed by atoms with Gasteiger partial charge < -0.3 is 0 Å². The summed E-state index contributed by atoms with van der Waals surface area (Å²) in [6.45, 7) is 0. The van der Waals surface area contributed by atoms with Crippen LogP contribution in [0.3, 0.4) is 0 Å². The topological polar surface area (TPSA) is 17.1 Å². The molecule has 0 aromatic heterocycles. The van der Waals surface area contributed by atoms with Gasteiger partial charge in [-0.3, -0.25) is 0 Å². The van der Waals surface area contributed by atoms with E-state index in [1.54, 1.807) is 0 Å². The molecule has 0 aliphatic carbocycles. The number of hydrogen-bond donors (Lipinski definition) is 0. The Labute approximate surface area is 76.6 Å². The molecule has 0 aliphatic rings. The predicted molar refractivity (Wildman–Crippen MR) is 17.9 cm³/mol. The molecule has 20 valence electrons. The third kappa shape index (κ3) is 8.84. The van der Waals surface area contributed by atoms with Crippen LogP contribution in [0.25, 0.3) is 0 Å². The van der Waals surface area contributed by atoms with Crippen molar-refractivity contribution in [2.45, 2.75) is 0 Å². The van der Waals surface area contributed by atoms with E-state index in [1.807, 2.05) is 0 Å². The zero-order valence-corrected chi connectivity index (χ0v) is 11.6. The molecule has 4 heavy (non-hydrogen) atoms. The average Bonchev–Trinajstić information content (AvgIpc) is 1.00. The van der Waals surface area contributed by atoms with Gasteiger partial charge in [-0.1, -0.05) is 0 Å². The molecule has 0 fully saturated rings. The van der Waals surface area contributed by atoms with Gasteiger partial charge >= 0.3 is 25.6 Å². The monoisotopic (exact) mass is 554 g/mol. The molecule has 0 spiro atoms. The summed E-state index contributed by atoms with van der Waals surface area (Å²) in [6, 6.07) is 0. The summed E-state index contributed by atoms with van der Waals surface area (Å²) in [5.41, 5.74) is 0. The molecule has 0 heterocycles. The minimum atomic E-state index is 0. The predicted octanol–water partition coefficient (Wildman–Crippen LogP) is -1.26. The van der Waals surface area contributed by atoms with Gasteiger partial charge in [0.15, 0.2) is 0 Å². The SMILES string of the molecule is [Bi].[Bi].[O]=[Sn]. The first-order valence-corrected chi connectivity index (χ1v) is 1.37. The van der Waals surface area contributed by atoms with Crippen LogP contribution < -0.4 is 0 Å². The summed E-state index contributed by atoms with van der Waals surface area (Å²) in [5.74, 6) is 0. The zero-order chi connectivity index (χ0) is 2.00. The molecule has 0 bridgehead atoms. The van der Waals surface area contributed by atoms with Gasteiger partial charge in [-0.05, 0) is 0 Å². The average molecular weight is 553 g/mol. The van der Waals surface area contributed by atoms with Crippen molar-refractivity contribution >= 4 is 74.9 Å². The maximum atomic E-state index is 8.34. The Balaban J connectivity index is -0.00000000500. The second-order valence-corrected chi connectivity index (χ2v) is 0. The first-order valence-electron chi connectivity index (χ1n) is 0.204. The summed E-state index contributed by atoms with van der Waals surface area (Å²) >= 11 is 0.300. The van der Waals surface area contributed by atoms with Crippen molar-refractivity contribution in [3.8, 4) is 0 Å². The summed E-state index contributed by atoms with van der Waals surface area (Å²) < 4.78 is 8.34. The van der Waals surface area contributed by atoms with Gasteiger partial charge in [-0.15, -0.1) is 0 Å². The normalized spacial score (nSPS) is 1.00. The Morgan fingerprint density at radius 3 is 1.00 bits per heavy atom. The van der Waals surface area contributed by atoms with Crippen molar-refractivity contribution in [2.75, 3.05) is 0 Å². The van der Waals surface area contributed by atoms with Crippen molar-refractivity contribution in [2.24, 2.45) is 0 Å². The second-order valence-electron chi connectivity index (χ2n) is 0. The summed E-state index contributed by atoms with van der Waals surface area (Å²) in [5, 5.41) is 0. The molecule has 0 N–H and O–H groups in total. The molecule has 8 radical (unpaired) electrons. The van der Waals surface area contributed by atoms with Crippen LogP contribution in [0.5, 0.6) is 0 Å². The van der Waals surface area contributed by atoms with E-state index in [-0.39, 0.29) is 52.4 Å². The van der Waals surface area contributed by atoms with Crippen molar-refractivity contribution < 1.29 is 3.08 Å². The van der Waals surface area contributed by atoms with Crippen LogP contribution in [0.1, 0.15) is 0 Å². The number of rotatable bonds is 0. The summed E-state index contributed by atoms with van der Waals surface area (Å²) in [4.78, 5) is 0. The van der Waals surface area contributed by atoms with Crippen LogP contribution in [-0.2, 0) is 3.08 Å². The van der Waals surface area contributed by atoms with Crippen molar-refractivity contribution in [1.29, 1.82) is 0 Å². The summed E-state index contributed by atoms with van der Waals surface area (Å²) in [6.07, 6.45) is 0. The molecule has 0 saturated carbocycles. The Bertz CT molecular complexity index is 6.00. The van der Waals surface area contributed by atoms with E-state index in [9.17, 15) is 0 Å². The molecular weight excluding hydrogens is 553 g/mol. The Morgan fingerprint density at radius 2 is 1.00 bits per heavy atom. The Hall–Kier alpha value is 2.36. The quantitative estimate of drug-likeness (QED) is 0.343. The third-order valence-electron chi connectivity index (χ3n) is 0. The summed E-state index contributed by atoms with van der Waals surface area (Å²) in [7, 11) is 0. The molecule has 0 atom stereocenters. The van der Waals surface area contributed by atoms with Crippen LogP contribution in [-0.4, -0.2) is 74.9 Å². The van der Waals surface area contributed by atoms with Gasteiger partial charge in [-0.2, -0.15) is 0 Å². The van der Waals surface area contributed by atoms with Crippen LogP contribution >= 0.6 is 0 Å². The third-order valence-corrected chi connectivity index (χ3v) is 0. The molecule has 1 nitrogen and oxygen atoms in total. The molecule has 0 saturated heterocycles. The Morgan fingerprint density at radius 1 is 1.00 bits per heavy atom. The van der Waals surface area contributed by atoms with Crippen molar-refractivity contribution in [1.82, 2.24) is 0 Å². The van der Waals surface area contributed by atoms with E-state index in [0.29, 0.717) is 22.5 Å². The fraction of sp³-hybridized carbons (Fsp3) is 0. The van der Waals surface area contributed by atoms with Gasteiger partial charge in [0.1, 0.15) is 0 Å². The van der Waals surface area contributed by atoms with Crippen LogP contribution in [0, 0.1) is 0 Å². The van der Waals surface area contributed by atoms with Crippen LogP contribution in [0.2, 0.25) is 0 Å². The van der Waals surface area contributed by atoms with Gasteiger partial charge in [0, 0.05) is 52.4 Å². The first kappa shape index (κ1) is 16.2. The molecule has 0 amide bonds. The molecule has 0 rings (SSSR count). The first-order chi connectivity index (χ1) is 1.00. The molecular formula is Bi2OSn. The van der Waals surface area contributed by atoms with E-state index in [1.165, 1.54) is 0 Å². The van der Waals surface area contributed by atoms with Gasteiger partial charge in [0.05, 0.1) is 0 Å². The van der Waals surface area contributed by atoms with E-state index >= 15 is 0 Å².